The van der Waals surface area contributed by atoms with Crippen LogP contribution in [0, 0.1) is 5.82 Å². The SMILES string of the molecule is NC(CC(=O)N1CCCCC1c1ccc(F)cc1)c1ccc(C(=O)Nc2ccncc2)cc1. The molecule has 0 saturated carbocycles. The van der Waals surface area contributed by atoms with Crippen LogP contribution >= 0.6 is 0 Å². The molecule has 1 aliphatic heterocycles. The highest BCUT2D eigenvalue weighted by molar-refractivity contribution is 6.04. The molecular weight excluding hydrogens is 419 g/mol. The second-order valence-electron chi connectivity index (χ2n) is 8.27. The maximum atomic E-state index is 13.3. The third-order valence-electron chi connectivity index (χ3n) is 6.01. The summed E-state index contributed by atoms with van der Waals surface area (Å²) in [6.45, 7) is 0.668. The molecule has 6 nitrogen and oxygen atoms in total. The molecule has 1 saturated heterocycles. The third-order valence-corrected chi connectivity index (χ3v) is 6.01. The number of hydrogen-bond acceptors (Lipinski definition) is 4. The van der Waals surface area contributed by atoms with Crippen LogP contribution in [0.4, 0.5) is 10.1 Å². The molecule has 2 aromatic carbocycles. The van der Waals surface area contributed by atoms with Crippen LogP contribution in [-0.4, -0.2) is 28.2 Å². The van der Waals surface area contributed by atoms with Crippen molar-refractivity contribution in [3.8, 4) is 0 Å². The first kappa shape index (κ1) is 22.6. The number of nitrogens with one attached hydrogen (secondary N) is 1. The maximum absolute atomic E-state index is 13.3. The number of carbonyl (C=O) groups is 2. The lowest BCUT2D eigenvalue weighted by Gasteiger charge is -2.36. The Balaban J connectivity index is 1.39. The van der Waals surface area contributed by atoms with Crippen LogP contribution < -0.4 is 11.1 Å². The lowest BCUT2D eigenvalue weighted by atomic mass is 9.94. The highest BCUT2D eigenvalue weighted by atomic mass is 19.1. The molecule has 170 valence electrons. The van der Waals surface area contributed by atoms with Crippen molar-refractivity contribution in [2.24, 2.45) is 5.73 Å². The topological polar surface area (TPSA) is 88.3 Å². The second-order valence-corrected chi connectivity index (χ2v) is 8.27. The van der Waals surface area contributed by atoms with Crippen molar-refractivity contribution in [3.05, 3.63) is 95.6 Å². The van der Waals surface area contributed by atoms with Gasteiger partial charge < -0.3 is 16.0 Å². The fraction of sp³-hybridized carbons (Fsp3) is 0.269. The van der Waals surface area contributed by atoms with E-state index in [1.807, 2.05) is 4.90 Å². The molecule has 7 heteroatoms. The predicted molar refractivity (Wildman–Crippen MR) is 125 cm³/mol. The van der Waals surface area contributed by atoms with Crippen molar-refractivity contribution in [1.29, 1.82) is 0 Å². The molecule has 4 rings (SSSR count). The smallest absolute Gasteiger partial charge is 0.255 e. The molecule has 0 bridgehead atoms. The molecule has 2 heterocycles. The quantitative estimate of drug-likeness (QED) is 0.578. The molecule has 1 aliphatic rings. The highest BCUT2D eigenvalue weighted by Gasteiger charge is 2.29. The monoisotopic (exact) mass is 446 g/mol. The van der Waals surface area contributed by atoms with Gasteiger partial charge >= 0.3 is 0 Å². The summed E-state index contributed by atoms with van der Waals surface area (Å²) >= 11 is 0. The van der Waals surface area contributed by atoms with Crippen LogP contribution in [0.1, 0.15) is 59.3 Å². The molecule has 1 aromatic heterocycles. The van der Waals surface area contributed by atoms with E-state index < -0.39 is 6.04 Å². The molecule has 3 aromatic rings. The number of piperidine rings is 1. The Hall–Kier alpha value is -3.58. The number of rotatable bonds is 6. The normalized spacial score (nSPS) is 16.8. The number of halogens is 1. The highest BCUT2D eigenvalue weighted by Crippen LogP contribution is 2.32. The number of nitrogens with zero attached hydrogens (tertiary/aromatic N) is 2. The van der Waals surface area contributed by atoms with E-state index in [4.69, 9.17) is 5.73 Å². The number of benzene rings is 2. The molecule has 2 atom stereocenters. The minimum atomic E-state index is -0.481. The van der Waals surface area contributed by atoms with Crippen molar-refractivity contribution in [3.63, 3.8) is 0 Å². The number of carbonyl (C=O) groups excluding carboxylic acids is 2. The standard InChI is InChI=1S/C26H27FN4O2/c27-21-10-8-19(9-11-21)24-3-1-2-16-31(24)25(32)17-23(28)18-4-6-20(7-5-18)26(33)30-22-12-14-29-15-13-22/h4-15,23-24H,1-3,16-17,28H2,(H,29,30,33). The summed E-state index contributed by atoms with van der Waals surface area (Å²) in [5.74, 6) is -0.531. The Kier molecular flexibility index (Phi) is 7.10. The summed E-state index contributed by atoms with van der Waals surface area (Å²) in [4.78, 5) is 31.3. The summed E-state index contributed by atoms with van der Waals surface area (Å²) in [6, 6.07) is 16.2. The largest absolute Gasteiger partial charge is 0.336 e. The van der Waals surface area contributed by atoms with E-state index in [1.54, 1.807) is 60.9 Å². The van der Waals surface area contributed by atoms with Gasteiger partial charge in [-0.15, -0.1) is 0 Å². The minimum Gasteiger partial charge on any atom is -0.336 e. The zero-order valence-electron chi connectivity index (χ0n) is 18.3. The zero-order valence-corrected chi connectivity index (χ0v) is 18.3. The van der Waals surface area contributed by atoms with Gasteiger partial charge in [0.1, 0.15) is 5.82 Å². The number of aromatic nitrogens is 1. The molecule has 2 unspecified atom stereocenters. The van der Waals surface area contributed by atoms with Crippen molar-refractivity contribution in [2.45, 2.75) is 37.8 Å². The Morgan fingerprint density at radius 3 is 2.42 bits per heavy atom. The lowest BCUT2D eigenvalue weighted by molar-refractivity contribution is -0.135. The van der Waals surface area contributed by atoms with Crippen LogP contribution in [0.15, 0.2) is 73.1 Å². The van der Waals surface area contributed by atoms with Gasteiger partial charge in [0.15, 0.2) is 0 Å². The van der Waals surface area contributed by atoms with Crippen LogP contribution in [0.5, 0.6) is 0 Å². The van der Waals surface area contributed by atoms with Crippen LogP contribution in [0.2, 0.25) is 0 Å². The van der Waals surface area contributed by atoms with E-state index in [9.17, 15) is 14.0 Å². The van der Waals surface area contributed by atoms with Crippen molar-refractivity contribution in [2.75, 3.05) is 11.9 Å². The van der Waals surface area contributed by atoms with E-state index in [1.165, 1.54) is 12.1 Å². The van der Waals surface area contributed by atoms with Gasteiger partial charge in [0, 0.05) is 42.7 Å². The Labute approximate surface area is 192 Å². The van der Waals surface area contributed by atoms with E-state index >= 15 is 0 Å². The van der Waals surface area contributed by atoms with Gasteiger partial charge in [-0.25, -0.2) is 4.39 Å². The molecule has 0 radical (unpaired) electrons. The molecule has 2 amide bonds. The van der Waals surface area contributed by atoms with Gasteiger partial charge in [0.2, 0.25) is 5.91 Å². The average Bonchev–Trinajstić information content (AvgIpc) is 2.85. The number of nitrogens with two attached hydrogens (primary N) is 1. The molecule has 1 fully saturated rings. The Bertz CT molecular complexity index is 1090. The van der Waals surface area contributed by atoms with Gasteiger partial charge in [-0.05, 0) is 66.8 Å². The first-order valence-corrected chi connectivity index (χ1v) is 11.1. The van der Waals surface area contributed by atoms with Crippen molar-refractivity contribution >= 4 is 17.5 Å². The third kappa shape index (κ3) is 5.62. The minimum absolute atomic E-state index is 0.0176. The fourth-order valence-electron chi connectivity index (χ4n) is 4.20. The second kappa shape index (κ2) is 10.4. The molecular formula is C26H27FN4O2. The van der Waals surface area contributed by atoms with E-state index in [-0.39, 0.29) is 30.1 Å². The first-order chi connectivity index (χ1) is 16.0. The number of anilines is 1. The summed E-state index contributed by atoms with van der Waals surface area (Å²) in [5, 5.41) is 2.81. The van der Waals surface area contributed by atoms with Gasteiger partial charge in [0.25, 0.3) is 5.91 Å². The lowest BCUT2D eigenvalue weighted by Crippen LogP contribution is -2.39. The number of hydrogen-bond donors (Lipinski definition) is 2. The summed E-state index contributed by atoms with van der Waals surface area (Å²) in [6.07, 6.45) is 6.21. The number of pyridine rings is 1. The van der Waals surface area contributed by atoms with Gasteiger partial charge in [-0.1, -0.05) is 24.3 Å². The molecule has 3 N–H and O–H groups in total. The van der Waals surface area contributed by atoms with E-state index in [2.05, 4.69) is 10.3 Å². The predicted octanol–water partition coefficient (Wildman–Crippen LogP) is 4.62. The summed E-state index contributed by atoms with van der Waals surface area (Å²) in [5.41, 5.74) is 9.26. The van der Waals surface area contributed by atoms with Crippen molar-refractivity contribution < 1.29 is 14.0 Å². The van der Waals surface area contributed by atoms with E-state index in [0.29, 0.717) is 17.8 Å². The van der Waals surface area contributed by atoms with Crippen LogP contribution in [0.3, 0.4) is 0 Å². The van der Waals surface area contributed by atoms with Crippen LogP contribution in [0.25, 0.3) is 0 Å². The number of likely N-dealkylation sites (tertiary alicyclic amines) is 1. The van der Waals surface area contributed by atoms with Gasteiger partial charge in [-0.2, -0.15) is 0 Å². The van der Waals surface area contributed by atoms with Crippen LogP contribution in [-0.2, 0) is 4.79 Å². The first-order valence-electron chi connectivity index (χ1n) is 11.1. The molecule has 33 heavy (non-hydrogen) atoms. The van der Waals surface area contributed by atoms with Gasteiger partial charge in [-0.3, -0.25) is 14.6 Å². The van der Waals surface area contributed by atoms with E-state index in [0.717, 1.165) is 30.4 Å². The molecule has 0 aliphatic carbocycles. The van der Waals surface area contributed by atoms with Gasteiger partial charge in [0.05, 0.1) is 6.04 Å². The fourth-order valence-corrected chi connectivity index (χ4v) is 4.20. The van der Waals surface area contributed by atoms with Crippen molar-refractivity contribution in [1.82, 2.24) is 9.88 Å². The molecule has 0 spiro atoms. The summed E-state index contributed by atoms with van der Waals surface area (Å²) < 4.78 is 13.3. The summed E-state index contributed by atoms with van der Waals surface area (Å²) in [7, 11) is 0. The average molecular weight is 447 g/mol. The Morgan fingerprint density at radius 1 is 1.03 bits per heavy atom. The number of amides is 2. The maximum Gasteiger partial charge on any atom is 0.255 e. The zero-order chi connectivity index (χ0) is 23.2. The Morgan fingerprint density at radius 2 is 1.73 bits per heavy atom.